The van der Waals surface area contributed by atoms with E-state index in [-0.39, 0.29) is 24.0 Å². The van der Waals surface area contributed by atoms with Gasteiger partial charge >= 0.3 is 0 Å². The first-order chi connectivity index (χ1) is 11.4. The SMILES string of the molecule is Cc1c(CN2C[C@H](N)C[C@H]2C(=O)NC(C)C)[nH]c2c(Cl)cccc12. The van der Waals surface area contributed by atoms with Gasteiger partial charge in [0.2, 0.25) is 5.91 Å². The Balaban J connectivity index is 1.85. The van der Waals surface area contributed by atoms with Crippen LogP contribution in [0.15, 0.2) is 18.2 Å². The van der Waals surface area contributed by atoms with E-state index >= 15 is 0 Å². The number of carbonyl (C=O) groups excluding carboxylic acids is 1. The molecule has 1 aliphatic heterocycles. The molecule has 1 aliphatic rings. The number of para-hydroxylation sites is 1. The molecule has 2 atom stereocenters. The molecular weight excluding hydrogens is 324 g/mol. The molecule has 0 spiro atoms. The number of aryl methyl sites for hydroxylation is 1. The summed E-state index contributed by atoms with van der Waals surface area (Å²) in [6.45, 7) is 7.42. The minimum atomic E-state index is -0.177. The van der Waals surface area contributed by atoms with Crippen molar-refractivity contribution in [2.24, 2.45) is 5.73 Å². The molecule has 1 aromatic carbocycles. The number of carbonyl (C=O) groups is 1. The quantitative estimate of drug-likeness (QED) is 0.795. The number of hydrogen-bond acceptors (Lipinski definition) is 3. The Hall–Kier alpha value is -1.56. The molecule has 4 N–H and O–H groups in total. The van der Waals surface area contributed by atoms with Crippen LogP contribution in [0.3, 0.4) is 0 Å². The van der Waals surface area contributed by atoms with E-state index < -0.39 is 0 Å². The molecule has 130 valence electrons. The van der Waals surface area contributed by atoms with Gasteiger partial charge in [0.25, 0.3) is 0 Å². The van der Waals surface area contributed by atoms with E-state index in [1.54, 1.807) is 0 Å². The van der Waals surface area contributed by atoms with Crippen LogP contribution in [0.25, 0.3) is 10.9 Å². The minimum Gasteiger partial charge on any atom is -0.356 e. The standard InChI is InChI=1S/C18H25ClN4O/c1-10(2)21-18(24)16-7-12(20)8-23(16)9-15-11(3)13-5-4-6-14(19)17(13)22-15/h4-6,10,12,16,22H,7-9,20H2,1-3H3,(H,21,24)/t12-,16+/m1/s1. The molecule has 0 unspecified atom stereocenters. The van der Waals surface area contributed by atoms with Crippen LogP contribution >= 0.6 is 11.6 Å². The minimum absolute atomic E-state index is 0.0289. The largest absolute Gasteiger partial charge is 0.356 e. The zero-order chi connectivity index (χ0) is 17.4. The summed E-state index contributed by atoms with van der Waals surface area (Å²) in [7, 11) is 0. The molecule has 24 heavy (non-hydrogen) atoms. The Kier molecular flexibility index (Phi) is 4.85. The van der Waals surface area contributed by atoms with Crippen molar-refractivity contribution in [1.82, 2.24) is 15.2 Å². The van der Waals surface area contributed by atoms with Gasteiger partial charge in [-0.3, -0.25) is 9.69 Å². The van der Waals surface area contributed by atoms with Gasteiger partial charge in [-0.2, -0.15) is 0 Å². The first-order valence-corrected chi connectivity index (χ1v) is 8.80. The number of halogens is 1. The van der Waals surface area contributed by atoms with Crippen molar-refractivity contribution >= 4 is 28.4 Å². The Morgan fingerprint density at radius 1 is 1.50 bits per heavy atom. The van der Waals surface area contributed by atoms with Crippen molar-refractivity contribution in [3.8, 4) is 0 Å². The van der Waals surface area contributed by atoms with Gasteiger partial charge in [-0.25, -0.2) is 0 Å². The smallest absolute Gasteiger partial charge is 0.237 e. The van der Waals surface area contributed by atoms with Gasteiger partial charge in [-0.15, -0.1) is 0 Å². The molecule has 0 aliphatic carbocycles. The fourth-order valence-electron chi connectivity index (χ4n) is 3.50. The number of H-pyrrole nitrogens is 1. The first-order valence-electron chi connectivity index (χ1n) is 8.42. The molecule has 1 aromatic heterocycles. The first kappa shape index (κ1) is 17.3. The number of rotatable bonds is 4. The lowest BCUT2D eigenvalue weighted by Gasteiger charge is -2.24. The number of likely N-dealkylation sites (tertiary alicyclic amines) is 1. The average molecular weight is 349 g/mol. The second-order valence-corrected chi connectivity index (χ2v) is 7.40. The predicted octanol–water partition coefficient (Wildman–Crippen LogP) is 2.56. The van der Waals surface area contributed by atoms with Crippen LogP contribution in [0, 0.1) is 6.92 Å². The molecule has 2 heterocycles. The number of fused-ring (bicyclic) bond motifs is 1. The molecule has 1 fully saturated rings. The molecule has 6 heteroatoms. The summed E-state index contributed by atoms with van der Waals surface area (Å²) >= 11 is 6.29. The van der Waals surface area contributed by atoms with Crippen LogP contribution in [-0.2, 0) is 11.3 Å². The molecule has 1 amide bonds. The van der Waals surface area contributed by atoms with Crippen LogP contribution < -0.4 is 11.1 Å². The summed E-state index contributed by atoms with van der Waals surface area (Å²) in [5.74, 6) is 0.0600. The topological polar surface area (TPSA) is 74.2 Å². The maximum absolute atomic E-state index is 12.5. The number of benzene rings is 1. The van der Waals surface area contributed by atoms with Crippen molar-refractivity contribution in [2.75, 3.05) is 6.54 Å². The second-order valence-electron chi connectivity index (χ2n) is 7.00. The van der Waals surface area contributed by atoms with Crippen LogP contribution in [0.4, 0.5) is 0 Å². The third-order valence-corrected chi connectivity index (χ3v) is 4.99. The number of aromatic nitrogens is 1. The molecule has 1 saturated heterocycles. The summed E-state index contributed by atoms with van der Waals surface area (Å²) in [6.07, 6.45) is 0.693. The summed E-state index contributed by atoms with van der Waals surface area (Å²) in [5, 5.41) is 4.85. The molecule has 2 aromatic rings. The molecular formula is C18H25ClN4O. The van der Waals surface area contributed by atoms with Gasteiger partial charge in [0.1, 0.15) is 0 Å². The van der Waals surface area contributed by atoms with E-state index in [0.29, 0.717) is 18.0 Å². The fourth-order valence-corrected chi connectivity index (χ4v) is 3.72. The third-order valence-electron chi connectivity index (χ3n) is 4.68. The Bertz CT molecular complexity index is 755. The number of amides is 1. The fraction of sp³-hybridized carbons (Fsp3) is 0.500. The van der Waals surface area contributed by atoms with Crippen LogP contribution in [0.5, 0.6) is 0 Å². The van der Waals surface area contributed by atoms with Gasteiger partial charge in [0.15, 0.2) is 0 Å². The number of nitrogens with one attached hydrogen (secondary N) is 2. The number of nitrogens with zero attached hydrogens (tertiary/aromatic N) is 1. The van der Waals surface area contributed by atoms with Crippen LogP contribution in [0.1, 0.15) is 31.5 Å². The summed E-state index contributed by atoms with van der Waals surface area (Å²) in [4.78, 5) is 18.1. The van der Waals surface area contributed by atoms with E-state index in [0.717, 1.165) is 23.1 Å². The highest BCUT2D eigenvalue weighted by Gasteiger charge is 2.35. The summed E-state index contributed by atoms with van der Waals surface area (Å²) in [6, 6.07) is 5.89. The van der Waals surface area contributed by atoms with Crippen molar-refractivity contribution in [3.05, 3.63) is 34.5 Å². The molecule has 0 radical (unpaired) electrons. The van der Waals surface area contributed by atoms with Crippen molar-refractivity contribution in [2.45, 2.75) is 51.9 Å². The Labute approximate surface area is 147 Å². The van der Waals surface area contributed by atoms with E-state index in [2.05, 4.69) is 28.2 Å². The maximum atomic E-state index is 12.5. The summed E-state index contributed by atoms with van der Waals surface area (Å²) < 4.78 is 0. The average Bonchev–Trinajstić information content (AvgIpc) is 3.02. The lowest BCUT2D eigenvalue weighted by atomic mass is 10.1. The van der Waals surface area contributed by atoms with E-state index in [9.17, 15) is 4.79 Å². The lowest BCUT2D eigenvalue weighted by Crippen LogP contribution is -2.45. The number of hydrogen-bond donors (Lipinski definition) is 3. The molecule has 5 nitrogen and oxygen atoms in total. The monoisotopic (exact) mass is 348 g/mol. The predicted molar refractivity (Wildman–Crippen MR) is 98.1 cm³/mol. The molecule has 3 rings (SSSR count). The van der Waals surface area contributed by atoms with Crippen molar-refractivity contribution in [1.29, 1.82) is 0 Å². The highest BCUT2D eigenvalue weighted by Crippen LogP contribution is 2.29. The van der Waals surface area contributed by atoms with Crippen LogP contribution in [0.2, 0.25) is 5.02 Å². The van der Waals surface area contributed by atoms with Crippen molar-refractivity contribution < 1.29 is 4.79 Å². The Morgan fingerprint density at radius 2 is 2.25 bits per heavy atom. The maximum Gasteiger partial charge on any atom is 0.237 e. The van der Waals surface area contributed by atoms with E-state index in [1.165, 1.54) is 5.56 Å². The van der Waals surface area contributed by atoms with Gasteiger partial charge in [-0.1, -0.05) is 23.7 Å². The van der Waals surface area contributed by atoms with E-state index in [4.69, 9.17) is 17.3 Å². The van der Waals surface area contributed by atoms with Gasteiger partial charge in [0.05, 0.1) is 16.6 Å². The van der Waals surface area contributed by atoms with Gasteiger partial charge in [-0.05, 0) is 38.8 Å². The number of nitrogens with two attached hydrogens (primary N) is 1. The molecule has 0 bridgehead atoms. The zero-order valence-corrected chi connectivity index (χ0v) is 15.2. The van der Waals surface area contributed by atoms with Crippen LogP contribution in [-0.4, -0.2) is 40.5 Å². The zero-order valence-electron chi connectivity index (χ0n) is 14.4. The third kappa shape index (κ3) is 3.29. The summed E-state index contributed by atoms with van der Waals surface area (Å²) in [5.41, 5.74) is 9.35. The molecule has 0 saturated carbocycles. The van der Waals surface area contributed by atoms with Crippen molar-refractivity contribution in [3.63, 3.8) is 0 Å². The highest BCUT2D eigenvalue weighted by atomic mass is 35.5. The van der Waals surface area contributed by atoms with Gasteiger partial charge in [0, 0.05) is 36.3 Å². The normalized spacial score (nSPS) is 21.8. The van der Waals surface area contributed by atoms with Gasteiger partial charge < -0.3 is 16.0 Å². The Morgan fingerprint density at radius 3 is 2.92 bits per heavy atom. The second kappa shape index (κ2) is 6.75. The van der Waals surface area contributed by atoms with E-state index in [1.807, 2.05) is 26.0 Å². The highest BCUT2D eigenvalue weighted by molar-refractivity contribution is 6.35. The lowest BCUT2D eigenvalue weighted by molar-refractivity contribution is -0.126. The number of aromatic amines is 1.